The lowest BCUT2D eigenvalue weighted by Gasteiger charge is -2.22. The van der Waals surface area contributed by atoms with Crippen molar-refractivity contribution in [3.63, 3.8) is 0 Å². The van der Waals surface area contributed by atoms with Crippen molar-refractivity contribution in [3.8, 4) is 11.5 Å². The fourth-order valence-corrected chi connectivity index (χ4v) is 3.15. The summed E-state index contributed by atoms with van der Waals surface area (Å²) in [5.74, 6) is 1.14. The number of para-hydroxylation sites is 1. The number of aliphatic hydroxyl groups is 1. The van der Waals surface area contributed by atoms with Gasteiger partial charge in [-0.15, -0.1) is 0 Å². The number of ether oxygens (including phenoxy) is 2. The normalized spacial score (nSPS) is 14.4. The number of carbonyl (C=O) groups excluding carboxylic acids is 1. The van der Waals surface area contributed by atoms with Gasteiger partial charge in [-0.1, -0.05) is 42.5 Å². The Morgan fingerprint density at radius 2 is 1.96 bits per heavy atom. The Morgan fingerprint density at radius 3 is 2.69 bits per heavy atom. The molecule has 1 heterocycles. The number of amides is 1. The Hall–Kier alpha value is -2.53. The molecule has 0 bridgehead atoms. The highest BCUT2D eigenvalue weighted by Gasteiger charge is 2.32. The van der Waals surface area contributed by atoms with Crippen LogP contribution in [-0.4, -0.2) is 41.3 Å². The van der Waals surface area contributed by atoms with Crippen LogP contribution in [-0.2, 0) is 17.8 Å². The topological polar surface area (TPSA) is 59.0 Å². The van der Waals surface area contributed by atoms with E-state index in [2.05, 4.69) is 0 Å². The number of aliphatic hydroxyl groups excluding tert-OH is 1. The molecule has 0 saturated heterocycles. The molecular weight excluding hydrogens is 330 g/mol. The molecule has 5 heteroatoms. The van der Waals surface area contributed by atoms with E-state index in [4.69, 9.17) is 9.47 Å². The molecule has 2 aromatic rings. The quantitative estimate of drug-likeness (QED) is 0.830. The molecule has 26 heavy (non-hydrogen) atoms. The van der Waals surface area contributed by atoms with Crippen LogP contribution in [0.1, 0.15) is 25.0 Å². The number of hydrogen-bond acceptors (Lipinski definition) is 4. The standard InChI is InChI=1S/C21H25NO4/c1-21(2)13-17-9-6-10-18(20(17)26-21)25-15-19(24)22(11-12-23)14-16-7-4-3-5-8-16/h3-10,23H,11-15H2,1-2H3. The minimum atomic E-state index is -0.262. The Kier molecular flexibility index (Phi) is 5.47. The average molecular weight is 355 g/mol. The van der Waals surface area contributed by atoms with Gasteiger partial charge in [0.2, 0.25) is 0 Å². The summed E-state index contributed by atoms with van der Waals surface area (Å²) >= 11 is 0. The summed E-state index contributed by atoms with van der Waals surface area (Å²) in [4.78, 5) is 14.2. The van der Waals surface area contributed by atoms with Crippen molar-refractivity contribution in [2.45, 2.75) is 32.4 Å². The van der Waals surface area contributed by atoms with E-state index >= 15 is 0 Å². The Morgan fingerprint density at radius 1 is 1.19 bits per heavy atom. The summed E-state index contributed by atoms with van der Waals surface area (Å²) in [6.45, 7) is 4.60. The molecule has 1 N–H and O–H groups in total. The molecule has 0 spiro atoms. The Balaban J connectivity index is 1.65. The molecule has 0 fully saturated rings. The maximum absolute atomic E-state index is 12.6. The number of carbonyl (C=O) groups is 1. The first-order valence-corrected chi connectivity index (χ1v) is 8.85. The predicted octanol–water partition coefficient (Wildman–Crippen LogP) is 2.80. The van der Waals surface area contributed by atoms with Crippen molar-refractivity contribution in [1.29, 1.82) is 0 Å². The maximum atomic E-state index is 12.6. The van der Waals surface area contributed by atoms with Gasteiger partial charge in [-0.2, -0.15) is 0 Å². The maximum Gasteiger partial charge on any atom is 0.260 e. The Labute approximate surface area is 154 Å². The second-order valence-corrected chi connectivity index (χ2v) is 7.10. The zero-order valence-corrected chi connectivity index (χ0v) is 15.3. The van der Waals surface area contributed by atoms with E-state index in [1.54, 1.807) is 4.90 Å². The minimum Gasteiger partial charge on any atom is -0.483 e. The molecule has 138 valence electrons. The number of rotatable bonds is 7. The van der Waals surface area contributed by atoms with Crippen LogP contribution in [0.4, 0.5) is 0 Å². The SMILES string of the molecule is CC1(C)Cc2cccc(OCC(=O)N(CCO)Cc3ccccc3)c2O1. The molecule has 0 aliphatic carbocycles. The molecule has 5 nitrogen and oxygen atoms in total. The molecular formula is C21H25NO4. The number of benzene rings is 2. The van der Waals surface area contributed by atoms with Crippen molar-refractivity contribution in [3.05, 3.63) is 59.7 Å². The summed E-state index contributed by atoms with van der Waals surface area (Å²) < 4.78 is 11.7. The molecule has 1 amide bonds. The number of hydrogen-bond donors (Lipinski definition) is 1. The van der Waals surface area contributed by atoms with Gasteiger partial charge in [0.1, 0.15) is 5.60 Å². The molecule has 0 unspecified atom stereocenters. The molecule has 0 saturated carbocycles. The van der Waals surface area contributed by atoms with E-state index < -0.39 is 0 Å². The molecule has 1 aliphatic heterocycles. The Bertz CT molecular complexity index is 758. The van der Waals surface area contributed by atoms with Gasteiger partial charge in [0.25, 0.3) is 5.91 Å². The van der Waals surface area contributed by atoms with Gasteiger partial charge in [-0.25, -0.2) is 0 Å². The summed E-state index contributed by atoms with van der Waals surface area (Å²) in [5.41, 5.74) is 1.85. The highest BCUT2D eigenvalue weighted by molar-refractivity contribution is 5.78. The molecule has 1 aliphatic rings. The van der Waals surface area contributed by atoms with Crippen LogP contribution < -0.4 is 9.47 Å². The summed E-state index contributed by atoms with van der Waals surface area (Å²) in [5, 5.41) is 9.28. The second-order valence-electron chi connectivity index (χ2n) is 7.10. The van der Waals surface area contributed by atoms with Gasteiger partial charge in [-0.3, -0.25) is 4.79 Å². The lowest BCUT2D eigenvalue weighted by atomic mass is 10.0. The van der Waals surface area contributed by atoms with Crippen molar-refractivity contribution in [2.75, 3.05) is 19.8 Å². The summed E-state index contributed by atoms with van der Waals surface area (Å²) in [6.07, 6.45) is 0.818. The van der Waals surface area contributed by atoms with Crippen LogP contribution in [0.25, 0.3) is 0 Å². The first-order valence-electron chi connectivity index (χ1n) is 8.85. The van der Waals surface area contributed by atoms with Gasteiger partial charge in [0, 0.05) is 25.1 Å². The zero-order chi connectivity index (χ0) is 18.6. The molecule has 0 radical (unpaired) electrons. The molecule has 0 aromatic heterocycles. The van der Waals surface area contributed by atoms with Crippen molar-refractivity contribution < 1.29 is 19.4 Å². The van der Waals surface area contributed by atoms with Crippen LogP contribution in [0, 0.1) is 0 Å². The lowest BCUT2D eigenvalue weighted by Crippen LogP contribution is -2.36. The summed E-state index contributed by atoms with van der Waals surface area (Å²) in [6, 6.07) is 15.5. The third-order valence-electron chi connectivity index (χ3n) is 4.35. The first kappa shape index (κ1) is 18.3. The fraction of sp³-hybridized carbons (Fsp3) is 0.381. The van der Waals surface area contributed by atoms with Crippen molar-refractivity contribution in [2.24, 2.45) is 0 Å². The van der Waals surface area contributed by atoms with Crippen LogP contribution in [0.2, 0.25) is 0 Å². The van der Waals surface area contributed by atoms with Gasteiger partial charge in [-0.05, 0) is 25.5 Å². The minimum absolute atomic E-state index is 0.0867. The number of nitrogens with zero attached hydrogens (tertiary/aromatic N) is 1. The average Bonchev–Trinajstić information content (AvgIpc) is 2.94. The van der Waals surface area contributed by atoms with E-state index in [0.29, 0.717) is 12.3 Å². The van der Waals surface area contributed by atoms with Crippen LogP contribution >= 0.6 is 0 Å². The van der Waals surface area contributed by atoms with Crippen molar-refractivity contribution in [1.82, 2.24) is 4.90 Å². The van der Waals surface area contributed by atoms with Gasteiger partial charge >= 0.3 is 0 Å². The third-order valence-corrected chi connectivity index (χ3v) is 4.35. The van der Waals surface area contributed by atoms with E-state index in [9.17, 15) is 9.90 Å². The largest absolute Gasteiger partial charge is 0.483 e. The molecule has 0 atom stereocenters. The fourth-order valence-electron chi connectivity index (χ4n) is 3.15. The van der Waals surface area contributed by atoms with Gasteiger partial charge in [0.05, 0.1) is 6.61 Å². The van der Waals surface area contributed by atoms with Crippen LogP contribution in [0.3, 0.4) is 0 Å². The van der Waals surface area contributed by atoms with E-state index in [-0.39, 0.29) is 31.3 Å². The van der Waals surface area contributed by atoms with E-state index in [0.717, 1.165) is 23.3 Å². The van der Waals surface area contributed by atoms with Gasteiger partial charge in [0.15, 0.2) is 18.1 Å². The number of fused-ring (bicyclic) bond motifs is 1. The van der Waals surface area contributed by atoms with Crippen LogP contribution in [0.5, 0.6) is 11.5 Å². The lowest BCUT2D eigenvalue weighted by molar-refractivity contribution is -0.134. The smallest absolute Gasteiger partial charge is 0.260 e. The monoisotopic (exact) mass is 355 g/mol. The molecule has 3 rings (SSSR count). The third kappa shape index (κ3) is 4.35. The van der Waals surface area contributed by atoms with Gasteiger partial charge < -0.3 is 19.5 Å². The van der Waals surface area contributed by atoms with Crippen LogP contribution in [0.15, 0.2) is 48.5 Å². The van der Waals surface area contributed by atoms with Crippen molar-refractivity contribution >= 4 is 5.91 Å². The highest BCUT2D eigenvalue weighted by Crippen LogP contribution is 2.41. The highest BCUT2D eigenvalue weighted by atomic mass is 16.5. The zero-order valence-electron chi connectivity index (χ0n) is 15.3. The van der Waals surface area contributed by atoms with E-state index in [1.165, 1.54) is 0 Å². The first-order chi connectivity index (χ1) is 12.5. The predicted molar refractivity (Wildman–Crippen MR) is 99.3 cm³/mol. The second kappa shape index (κ2) is 7.79. The van der Waals surface area contributed by atoms with E-state index in [1.807, 2.05) is 62.4 Å². The summed E-state index contributed by atoms with van der Waals surface area (Å²) in [7, 11) is 0. The molecule has 2 aromatic carbocycles.